The van der Waals surface area contributed by atoms with E-state index < -0.39 is 0 Å². The number of allylic oxidation sites excluding steroid dienone is 1. The number of carbonyl (C=O) groups excluding carboxylic acids is 1. The quantitative estimate of drug-likeness (QED) is 0.455. The van der Waals surface area contributed by atoms with Gasteiger partial charge in [-0.1, -0.05) is 47.5 Å². The molecule has 0 aromatic heterocycles. The fraction of sp³-hybridized carbons (Fsp3) is 0.0870. The van der Waals surface area contributed by atoms with E-state index >= 15 is 0 Å². The van der Waals surface area contributed by atoms with Crippen molar-refractivity contribution in [3.05, 3.63) is 93.2 Å². The standard InChI is InChI=1S/C23H16Cl2O4/c1-27-20-8-3-2-5-14(20)11-22-23(26)16-10-9-15(12-21(16)29-22)28-13-17-18(24)6-4-7-19(17)25/h2-12H,13H2,1H3/b22-11-. The predicted molar refractivity (Wildman–Crippen MR) is 113 cm³/mol. The number of halogens is 2. The molecule has 0 fully saturated rings. The largest absolute Gasteiger partial charge is 0.496 e. The van der Waals surface area contributed by atoms with Crippen molar-refractivity contribution in [2.45, 2.75) is 6.61 Å². The normalized spacial score (nSPS) is 13.9. The maximum atomic E-state index is 12.7. The highest BCUT2D eigenvalue weighted by molar-refractivity contribution is 6.35. The second-order valence-corrected chi connectivity index (χ2v) is 7.14. The van der Waals surface area contributed by atoms with Crippen LogP contribution in [0.5, 0.6) is 17.2 Å². The minimum absolute atomic E-state index is 0.188. The van der Waals surface area contributed by atoms with Crippen molar-refractivity contribution in [1.29, 1.82) is 0 Å². The van der Waals surface area contributed by atoms with Crippen molar-refractivity contribution in [2.75, 3.05) is 7.11 Å². The third-order valence-corrected chi connectivity index (χ3v) is 5.22. The molecule has 4 rings (SSSR count). The van der Waals surface area contributed by atoms with Crippen LogP contribution in [0.15, 0.2) is 66.4 Å². The van der Waals surface area contributed by atoms with Gasteiger partial charge in [0, 0.05) is 27.2 Å². The average Bonchev–Trinajstić information content (AvgIpc) is 3.03. The van der Waals surface area contributed by atoms with Gasteiger partial charge >= 0.3 is 0 Å². The third kappa shape index (κ3) is 3.95. The SMILES string of the molecule is COc1ccccc1/C=C1\Oc2cc(OCc3c(Cl)cccc3Cl)ccc2C1=O. The number of benzene rings is 3. The summed E-state index contributed by atoms with van der Waals surface area (Å²) in [6, 6.07) is 17.8. The van der Waals surface area contributed by atoms with Crippen molar-refractivity contribution in [3.8, 4) is 17.2 Å². The van der Waals surface area contributed by atoms with E-state index in [1.54, 1.807) is 49.6 Å². The smallest absolute Gasteiger partial charge is 0.231 e. The topological polar surface area (TPSA) is 44.8 Å². The minimum atomic E-state index is -0.188. The Labute approximate surface area is 178 Å². The molecule has 0 unspecified atom stereocenters. The average molecular weight is 427 g/mol. The fourth-order valence-electron chi connectivity index (χ4n) is 3.01. The zero-order valence-electron chi connectivity index (χ0n) is 15.4. The number of hydrogen-bond donors (Lipinski definition) is 0. The Bertz CT molecular complexity index is 1100. The number of carbonyl (C=O) groups is 1. The summed E-state index contributed by atoms with van der Waals surface area (Å²) in [5, 5.41) is 1.07. The molecule has 0 atom stereocenters. The number of rotatable bonds is 5. The monoisotopic (exact) mass is 426 g/mol. The zero-order valence-corrected chi connectivity index (χ0v) is 17.0. The molecule has 0 amide bonds. The molecule has 0 aliphatic carbocycles. The van der Waals surface area contributed by atoms with Gasteiger partial charge in [-0.25, -0.2) is 0 Å². The highest BCUT2D eigenvalue weighted by atomic mass is 35.5. The number of Topliss-reactive ketones (excluding diaryl/α,β-unsaturated/α-hetero) is 1. The number of para-hydroxylation sites is 1. The van der Waals surface area contributed by atoms with Gasteiger partial charge in [0.1, 0.15) is 23.9 Å². The molecule has 0 spiro atoms. The Hall–Kier alpha value is -2.95. The van der Waals surface area contributed by atoms with Crippen LogP contribution in [0.2, 0.25) is 10.0 Å². The lowest BCUT2D eigenvalue weighted by Gasteiger charge is -2.10. The Morgan fingerprint density at radius 3 is 2.52 bits per heavy atom. The molecule has 0 radical (unpaired) electrons. The first-order valence-electron chi connectivity index (χ1n) is 8.84. The molecule has 3 aromatic rings. The number of ketones is 1. The van der Waals surface area contributed by atoms with Crippen molar-refractivity contribution in [1.82, 2.24) is 0 Å². The molecule has 1 heterocycles. The maximum absolute atomic E-state index is 12.7. The molecule has 0 saturated carbocycles. The first-order valence-corrected chi connectivity index (χ1v) is 9.59. The van der Waals surface area contributed by atoms with Gasteiger partial charge in [-0.15, -0.1) is 0 Å². The van der Waals surface area contributed by atoms with Gasteiger partial charge in [0.15, 0.2) is 5.76 Å². The van der Waals surface area contributed by atoms with Crippen LogP contribution in [-0.2, 0) is 6.61 Å². The highest BCUT2D eigenvalue weighted by Crippen LogP contribution is 2.36. The van der Waals surface area contributed by atoms with Crippen LogP contribution < -0.4 is 14.2 Å². The van der Waals surface area contributed by atoms with Gasteiger partial charge < -0.3 is 14.2 Å². The molecule has 146 valence electrons. The lowest BCUT2D eigenvalue weighted by Crippen LogP contribution is -1.98. The van der Waals surface area contributed by atoms with E-state index in [1.165, 1.54) is 0 Å². The lowest BCUT2D eigenvalue weighted by molar-refractivity contribution is 0.101. The molecule has 0 saturated heterocycles. The number of hydrogen-bond acceptors (Lipinski definition) is 4. The first-order chi connectivity index (χ1) is 14.1. The summed E-state index contributed by atoms with van der Waals surface area (Å²) >= 11 is 12.4. The van der Waals surface area contributed by atoms with E-state index in [0.717, 1.165) is 5.56 Å². The predicted octanol–water partition coefficient (Wildman–Crippen LogP) is 6.20. The fourth-order valence-corrected chi connectivity index (χ4v) is 3.52. The van der Waals surface area contributed by atoms with Crippen molar-refractivity contribution < 1.29 is 19.0 Å². The zero-order chi connectivity index (χ0) is 20.4. The van der Waals surface area contributed by atoms with Gasteiger partial charge in [0.25, 0.3) is 0 Å². The Balaban J connectivity index is 1.55. The summed E-state index contributed by atoms with van der Waals surface area (Å²) in [6.45, 7) is 0.204. The van der Waals surface area contributed by atoms with E-state index in [0.29, 0.717) is 38.4 Å². The second-order valence-electron chi connectivity index (χ2n) is 6.33. The number of methoxy groups -OCH3 is 1. The summed E-state index contributed by atoms with van der Waals surface area (Å²) in [6.07, 6.45) is 1.67. The Morgan fingerprint density at radius 1 is 1.00 bits per heavy atom. The number of ether oxygens (including phenoxy) is 3. The van der Waals surface area contributed by atoms with Gasteiger partial charge in [-0.05, 0) is 36.4 Å². The minimum Gasteiger partial charge on any atom is -0.496 e. The third-order valence-electron chi connectivity index (χ3n) is 4.51. The molecular weight excluding hydrogens is 411 g/mol. The van der Waals surface area contributed by atoms with E-state index in [2.05, 4.69) is 0 Å². The molecule has 4 nitrogen and oxygen atoms in total. The number of fused-ring (bicyclic) bond motifs is 1. The molecule has 6 heteroatoms. The van der Waals surface area contributed by atoms with Crippen LogP contribution in [0.25, 0.3) is 6.08 Å². The molecule has 0 bridgehead atoms. The summed E-state index contributed by atoms with van der Waals surface area (Å²) < 4.78 is 16.9. The van der Waals surface area contributed by atoms with E-state index in [-0.39, 0.29) is 18.1 Å². The van der Waals surface area contributed by atoms with Crippen molar-refractivity contribution in [3.63, 3.8) is 0 Å². The molecule has 0 N–H and O–H groups in total. The summed E-state index contributed by atoms with van der Waals surface area (Å²) in [4.78, 5) is 12.7. The molecule has 3 aromatic carbocycles. The van der Waals surface area contributed by atoms with Crippen molar-refractivity contribution in [2.24, 2.45) is 0 Å². The van der Waals surface area contributed by atoms with Crippen LogP contribution in [0.4, 0.5) is 0 Å². The summed E-state index contributed by atoms with van der Waals surface area (Å²) in [5.41, 5.74) is 1.94. The van der Waals surface area contributed by atoms with E-state index in [1.807, 2.05) is 24.3 Å². The van der Waals surface area contributed by atoms with Crippen LogP contribution in [-0.4, -0.2) is 12.9 Å². The van der Waals surface area contributed by atoms with Crippen LogP contribution in [0, 0.1) is 0 Å². The van der Waals surface area contributed by atoms with Gasteiger partial charge in [-0.3, -0.25) is 4.79 Å². The second kappa shape index (κ2) is 8.19. The summed E-state index contributed by atoms with van der Waals surface area (Å²) in [7, 11) is 1.58. The van der Waals surface area contributed by atoms with Crippen LogP contribution in [0.3, 0.4) is 0 Å². The lowest BCUT2D eigenvalue weighted by atomic mass is 10.1. The maximum Gasteiger partial charge on any atom is 0.231 e. The highest BCUT2D eigenvalue weighted by Gasteiger charge is 2.28. The van der Waals surface area contributed by atoms with Crippen LogP contribution in [0.1, 0.15) is 21.5 Å². The van der Waals surface area contributed by atoms with Gasteiger partial charge in [0.2, 0.25) is 5.78 Å². The van der Waals surface area contributed by atoms with Gasteiger partial charge in [-0.2, -0.15) is 0 Å². The molecule has 1 aliphatic heterocycles. The van der Waals surface area contributed by atoms with Gasteiger partial charge in [0.05, 0.1) is 12.7 Å². The van der Waals surface area contributed by atoms with E-state index in [4.69, 9.17) is 37.4 Å². The molecular formula is C23H16Cl2O4. The first kappa shape index (κ1) is 19.4. The van der Waals surface area contributed by atoms with Crippen LogP contribution >= 0.6 is 23.2 Å². The van der Waals surface area contributed by atoms with Crippen molar-refractivity contribution >= 4 is 35.1 Å². The van der Waals surface area contributed by atoms with E-state index in [9.17, 15) is 4.79 Å². The Morgan fingerprint density at radius 2 is 1.76 bits per heavy atom. The Kier molecular flexibility index (Phi) is 5.47. The molecule has 29 heavy (non-hydrogen) atoms. The summed E-state index contributed by atoms with van der Waals surface area (Å²) in [5.74, 6) is 1.69. The molecule has 1 aliphatic rings.